The highest BCUT2D eigenvalue weighted by Gasteiger charge is 2.13. The monoisotopic (exact) mass is 356 g/mol. The molecule has 1 N–H and O–H groups in total. The van der Waals surface area contributed by atoms with Crippen molar-refractivity contribution in [3.8, 4) is 17.1 Å². The van der Waals surface area contributed by atoms with E-state index in [1.165, 1.54) is 12.7 Å². The van der Waals surface area contributed by atoms with Crippen molar-refractivity contribution in [1.29, 1.82) is 0 Å². The second-order valence-corrected chi connectivity index (χ2v) is 6.05. The third-order valence-corrected chi connectivity index (χ3v) is 3.91. The molecule has 25 heavy (non-hydrogen) atoms. The van der Waals surface area contributed by atoms with Crippen LogP contribution in [-0.4, -0.2) is 18.2 Å². The molecule has 0 radical (unpaired) electrons. The molecule has 0 saturated carbocycles. The fourth-order valence-electron chi connectivity index (χ4n) is 2.39. The summed E-state index contributed by atoms with van der Waals surface area (Å²) in [5.41, 5.74) is 3.15. The van der Waals surface area contributed by atoms with E-state index in [0.717, 1.165) is 5.56 Å². The molecule has 0 bridgehead atoms. The van der Waals surface area contributed by atoms with Crippen LogP contribution in [-0.2, 0) is 11.2 Å². The summed E-state index contributed by atoms with van der Waals surface area (Å²) in [7, 11) is 1.53. The molecule has 0 aliphatic rings. The number of amides is 1. The average molecular weight is 357 g/mol. The van der Waals surface area contributed by atoms with Crippen LogP contribution >= 0.6 is 11.6 Å². The Balaban J connectivity index is 1.70. The predicted octanol–water partition coefficient (Wildman–Crippen LogP) is 4.49. The second-order valence-electron chi connectivity index (χ2n) is 5.62. The molecule has 3 rings (SSSR count). The highest BCUT2D eigenvalue weighted by molar-refractivity contribution is 6.31. The van der Waals surface area contributed by atoms with Gasteiger partial charge in [0.1, 0.15) is 5.75 Å². The molecule has 0 atom stereocenters. The molecule has 2 aromatic carbocycles. The van der Waals surface area contributed by atoms with Crippen molar-refractivity contribution >= 4 is 23.2 Å². The van der Waals surface area contributed by atoms with Gasteiger partial charge >= 0.3 is 0 Å². The molecule has 5 nitrogen and oxygen atoms in total. The predicted molar refractivity (Wildman–Crippen MR) is 97.0 cm³/mol. The third kappa shape index (κ3) is 4.19. The van der Waals surface area contributed by atoms with Gasteiger partial charge in [-0.05, 0) is 25.1 Å². The Morgan fingerprint density at radius 1 is 1.20 bits per heavy atom. The SMILES string of the molecule is COc1ccc(Cl)cc1NC(=O)Cc1cc(-c2ccc(C)cc2)on1. The van der Waals surface area contributed by atoms with Crippen LogP contribution in [0.2, 0.25) is 5.02 Å². The number of hydrogen-bond acceptors (Lipinski definition) is 4. The fourth-order valence-corrected chi connectivity index (χ4v) is 2.56. The lowest BCUT2D eigenvalue weighted by molar-refractivity contribution is -0.115. The zero-order valence-corrected chi connectivity index (χ0v) is 14.6. The lowest BCUT2D eigenvalue weighted by Gasteiger charge is -2.09. The molecule has 0 spiro atoms. The molecule has 0 fully saturated rings. The standard InChI is InChI=1S/C19H17ClN2O3/c1-12-3-5-13(6-4-12)18-10-15(22-25-18)11-19(23)21-16-9-14(20)7-8-17(16)24-2/h3-10H,11H2,1-2H3,(H,21,23). The van der Waals surface area contributed by atoms with Crippen molar-refractivity contribution < 1.29 is 14.1 Å². The zero-order valence-electron chi connectivity index (χ0n) is 13.9. The Bertz CT molecular complexity index is 888. The van der Waals surface area contributed by atoms with Gasteiger partial charge in [0.05, 0.1) is 24.9 Å². The van der Waals surface area contributed by atoms with E-state index in [4.69, 9.17) is 20.9 Å². The molecule has 6 heteroatoms. The Labute approximate surface area is 150 Å². The fraction of sp³-hybridized carbons (Fsp3) is 0.158. The summed E-state index contributed by atoms with van der Waals surface area (Å²) in [5, 5.41) is 7.25. The second kappa shape index (κ2) is 7.40. The summed E-state index contributed by atoms with van der Waals surface area (Å²) >= 11 is 5.97. The van der Waals surface area contributed by atoms with Crippen molar-refractivity contribution in [1.82, 2.24) is 5.16 Å². The van der Waals surface area contributed by atoms with Crippen molar-refractivity contribution in [2.75, 3.05) is 12.4 Å². The van der Waals surface area contributed by atoms with Crippen LogP contribution in [0.5, 0.6) is 5.75 Å². The molecule has 1 aromatic heterocycles. The third-order valence-electron chi connectivity index (χ3n) is 3.67. The van der Waals surface area contributed by atoms with Gasteiger partial charge in [-0.25, -0.2) is 0 Å². The molecule has 0 unspecified atom stereocenters. The molecule has 0 aliphatic carbocycles. The van der Waals surface area contributed by atoms with E-state index >= 15 is 0 Å². The number of carbonyl (C=O) groups is 1. The molecular weight excluding hydrogens is 340 g/mol. The van der Waals surface area contributed by atoms with Crippen molar-refractivity contribution in [3.63, 3.8) is 0 Å². The molecule has 3 aromatic rings. The number of hydrogen-bond donors (Lipinski definition) is 1. The largest absolute Gasteiger partial charge is 0.495 e. The number of aromatic nitrogens is 1. The van der Waals surface area contributed by atoms with Crippen molar-refractivity contribution in [3.05, 3.63) is 64.8 Å². The first kappa shape index (κ1) is 17.0. The first-order chi connectivity index (χ1) is 12.0. The number of benzene rings is 2. The normalized spacial score (nSPS) is 10.5. The topological polar surface area (TPSA) is 64.4 Å². The van der Waals surface area contributed by atoms with Gasteiger partial charge in [0.2, 0.25) is 5.91 Å². The van der Waals surface area contributed by atoms with Gasteiger partial charge in [-0.15, -0.1) is 0 Å². The number of nitrogens with zero attached hydrogens (tertiary/aromatic N) is 1. The van der Waals surface area contributed by atoms with Crippen LogP contribution in [0.3, 0.4) is 0 Å². The average Bonchev–Trinajstić information content (AvgIpc) is 3.04. The summed E-state index contributed by atoms with van der Waals surface area (Å²) < 4.78 is 10.5. The van der Waals surface area contributed by atoms with Crippen LogP contribution < -0.4 is 10.1 Å². The van der Waals surface area contributed by atoms with Gasteiger partial charge < -0.3 is 14.6 Å². The van der Waals surface area contributed by atoms with E-state index in [0.29, 0.717) is 27.9 Å². The van der Waals surface area contributed by atoms with Crippen LogP contribution in [0, 0.1) is 6.92 Å². The summed E-state index contributed by atoms with van der Waals surface area (Å²) in [4.78, 5) is 12.3. The molecule has 0 aliphatic heterocycles. The molecular formula is C19H17ClN2O3. The van der Waals surface area contributed by atoms with E-state index in [1.54, 1.807) is 24.3 Å². The minimum absolute atomic E-state index is 0.0883. The van der Waals surface area contributed by atoms with Crippen LogP contribution in [0.1, 0.15) is 11.3 Å². The van der Waals surface area contributed by atoms with E-state index in [1.807, 2.05) is 31.2 Å². The molecule has 0 saturated heterocycles. The molecule has 128 valence electrons. The van der Waals surface area contributed by atoms with Crippen LogP contribution in [0.15, 0.2) is 53.1 Å². The Hall–Kier alpha value is -2.79. The minimum atomic E-state index is -0.232. The summed E-state index contributed by atoms with van der Waals surface area (Å²) in [5.74, 6) is 0.936. The quantitative estimate of drug-likeness (QED) is 0.731. The number of rotatable bonds is 5. The maximum atomic E-state index is 12.3. The Kier molecular flexibility index (Phi) is 5.05. The first-order valence-electron chi connectivity index (χ1n) is 7.71. The summed E-state index contributed by atoms with van der Waals surface area (Å²) in [6, 6.07) is 14.7. The number of nitrogens with one attached hydrogen (secondary N) is 1. The first-order valence-corrected chi connectivity index (χ1v) is 8.09. The maximum Gasteiger partial charge on any atom is 0.230 e. The highest BCUT2D eigenvalue weighted by Crippen LogP contribution is 2.28. The van der Waals surface area contributed by atoms with Gasteiger partial charge in [-0.3, -0.25) is 4.79 Å². The Morgan fingerprint density at radius 3 is 2.68 bits per heavy atom. The highest BCUT2D eigenvalue weighted by atomic mass is 35.5. The van der Waals surface area contributed by atoms with Crippen molar-refractivity contribution in [2.24, 2.45) is 0 Å². The number of methoxy groups -OCH3 is 1. The van der Waals surface area contributed by atoms with Gasteiger partial charge in [-0.2, -0.15) is 0 Å². The number of carbonyl (C=O) groups excluding carboxylic acids is 1. The maximum absolute atomic E-state index is 12.3. The van der Waals surface area contributed by atoms with Gasteiger partial charge in [0.25, 0.3) is 0 Å². The van der Waals surface area contributed by atoms with Crippen LogP contribution in [0.4, 0.5) is 5.69 Å². The van der Waals surface area contributed by atoms with E-state index in [9.17, 15) is 4.79 Å². The van der Waals surface area contributed by atoms with Gasteiger partial charge in [0.15, 0.2) is 5.76 Å². The summed E-state index contributed by atoms with van der Waals surface area (Å²) in [6.07, 6.45) is 0.0883. The molecule has 1 heterocycles. The molecule has 1 amide bonds. The Morgan fingerprint density at radius 2 is 1.96 bits per heavy atom. The van der Waals surface area contributed by atoms with Crippen LogP contribution in [0.25, 0.3) is 11.3 Å². The van der Waals surface area contributed by atoms with E-state index < -0.39 is 0 Å². The van der Waals surface area contributed by atoms with Gasteiger partial charge in [-0.1, -0.05) is 46.6 Å². The van der Waals surface area contributed by atoms with E-state index in [-0.39, 0.29) is 12.3 Å². The van der Waals surface area contributed by atoms with E-state index in [2.05, 4.69) is 10.5 Å². The van der Waals surface area contributed by atoms with Gasteiger partial charge in [0, 0.05) is 16.7 Å². The lowest BCUT2D eigenvalue weighted by atomic mass is 10.1. The smallest absolute Gasteiger partial charge is 0.230 e. The lowest BCUT2D eigenvalue weighted by Crippen LogP contribution is -2.15. The minimum Gasteiger partial charge on any atom is -0.495 e. The number of halogens is 1. The number of aryl methyl sites for hydroxylation is 1. The zero-order chi connectivity index (χ0) is 17.8. The summed E-state index contributed by atoms with van der Waals surface area (Å²) in [6.45, 7) is 2.02. The number of ether oxygens (including phenoxy) is 1. The van der Waals surface area contributed by atoms with Crippen molar-refractivity contribution in [2.45, 2.75) is 13.3 Å². The number of anilines is 1.